The van der Waals surface area contributed by atoms with Crippen molar-refractivity contribution in [1.82, 2.24) is 25.0 Å². The maximum absolute atomic E-state index is 10.6. The van der Waals surface area contributed by atoms with E-state index in [0.29, 0.717) is 11.4 Å². The zero-order valence-corrected chi connectivity index (χ0v) is 11.5. The first-order valence-corrected chi connectivity index (χ1v) is 6.02. The topological polar surface area (TPSA) is 93.8 Å². The Labute approximate surface area is 116 Å². The Kier molecular flexibility index (Phi) is 3.60. The number of carboxylic acid groups (broad SMARTS) is 1. The molecular weight excluding hydrogens is 258 g/mol. The molecule has 0 aliphatic carbocycles. The number of carboxylic acids is 1. The summed E-state index contributed by atoms with van der Waals surface area (Å²) in [5.74, 6) is -1.10. The normalized spacial score (nSPS) is 11.9. The van der Waals surface area contributed by atoms with Gasteiger partial charge in [-0.05, 0) is 32.9 Å². The molecule has 2 aromatic heterocycles. The third kappa shape index (κ3) is 3.25. The van der Waals surface area contributed by atoms with Crippen molar-refractivity contribution in [3.8, 4) is 0 Å². The number of aromatic carboxylic acids is 1. The summed E-state index contributed by atoms with van der Waals surface area (Å²) in [6, 6.07) is 0. The summed E-state index contributed by atoms with van der Waals surface area (Å²) in [6.45, 7) is 6.10. The molecule has 2 rings (SSSR count). The lowest BCUT2D eigenvalue weighted by molar-refractivity contribution is 0.0690. The average molecular weight is 273 g/mol. The summed E-state index contributed by atoms with van der Waals surface area (Å²) in [6.07, 6.45) is 7.90. The van der Waals surface area contributed by atoms with Crippen LogP contribution in [0.5, 0.6) is 0 Å². The standard InChI is InChI=1S/C13H15N5O2/c1-13(2,3)18-8-10(16-17-18)5-4-9-6-15-11(7-14-9)12(19)20/h4-8H,1-3H3,(H,19,20)/b5-4+. The number of rotatable bonds is 3. The predicted molar refractivity (Wildman–Crippen MR) is 72.9 cm³/mol. The molecule has 7 nitrogen and oxygen atoms in total. The molecule has 0 spiro atoms. The summed E-state index contributed by atoms with van der Waals surface area (Å²) in [4.78, 5) is 18.4. The van der Waals surface area contributed by atoms with Crippen LogP contribution in [0.1, 0.15) is 42.6 Å². The van der Waals surface area contributed by atoms with Gasteiger partial charge in [-0.25, -0.2) is 14.5 Å². The van der Waals surface area contributed by atoms with E-state index in [2.05, 4.69) is 20.3 Å². The molecule has 0 amide bonds. The Morgan fingerprint density at radius 2 is 1.90 bits per heavy atom. The maximum Gasteiger partial charge on any atom is 0.356 e. The lowest BCUT2D eigenvalue weighted by Crippen LogP contribution is -2.22. The van der Waals surface area contributed by atoms with Crippen LogP contribution in [0.3, 0.4) is 0 Å². The van der Waals surface area contributed by atoms with Crippen molar-refractivity contribution in [2.24, 2.45) is 0 Å². The van der Waals surface area contributed by atoms with E-state index in [-0.39, 0.29) is 11.2 Å². The highest BCUT2D eigenvalue weighted by Gasteiger charge is 2.14. The molecule has 2 heterocycles. The Morgan fingerprint density at radius 3 is 2.40 bits per heavy atom. The molecular formula is C13H15N5O2. The van der Waals surface area contributed by atoms with Crippen LogP contribution in [-0.2, 0) is 5.54 Å². The number of hydrogen-bond acceptors (Lipinski definition) is 5. The molecule has 0 unspecified atom stereocenters. The zero-order valence-electron chi connectivity index (χ0n) is 11.5. The third-order valence-electron chi connectivity index (χ3n) is 2.51. The van der Waals surface area contributed by atoms with Crippen LogP contribution in [0.4, 0.5) is 0 Å². The van der Waals surface area contributed by atoms with E-state index < -0.39 is 5.97 Å². The van der Waals surface area contributed by atoms with Crippen LogP contribution >= 0.6 is 0 Å². The zero-order chi connectivity index (χ0) is 14.8. The van der Waals surface area contributed by atoms with E-state index in [1.807, 2.05) is 27.0 Å². The molecule has 0 aromatic carbocycles. The van der Waals surface area contributed by atoms with Crippen molar-refractivity contribution in [1.29, 1.82) is 0 Å². The minimum atomic E-state index is -1.10. The predicted octanol–water partition coefficient (Wildman–Crippen LogP) is 1.69. The highest BCUT2D eigenvalue weighted by molar-refractivity contribution is 5.84. The Morgan fingerprint density at radius 1 is 1.20 bits per heavy atom. The summed E-state index contributed by atoms with van der Waals surface area (Å²) < 4.78 is 1.77. The first-order chi connectivity index (χ1) is 9.36. The lowest BCUT2D eigenvalue weighted by Gasteiger charge is -2.17. The molecule has 2 aromatic rings. The first kappa shape index (κ1) is 13.9. The van der Waals surface area contributed by atoms with Gasteiger partial charge in [-0.1, -0.05) is 5.21 Å². The second-order valence-electron chi connectivity index (χ2n) is 5.22. The molecule has 20 heavy (non-hydrogen) atoms. The molecule has 0 saturated heterocycles. The molecule has 0 aliphatic rings. The first-order valence-electron chi connectivity index (χ1n) is 6.02. The van der Waals surface area contributed by atoms with Gasteiger partial charge in [-0.3, -0.25) is 4.98 Å². The molecule has 0 bridgehead atoms. The van der Waals surface area contributed by atoms with Crippen LogP contribution < -0.4 is 0 Å². The molecule has 0 aliphatic heterocycles. The van der Waals surface area contributed by atoms with Gasteiger partial charge in [-0.15, -0.1) is 5.10 Å². The van der Waals surface area contributed by atoms with E-state index in [1.165, 1.54) is 12.4 Å². The van der Waals surface area contributed by atoms with Gasteiger partial charge in [-0.2, -0.15) is 0 Å². The Hall–Kier alpha value is -2.57. The molecule has 0 fully saturated rings. The van der Waals surface area contributed by atoms with Gasteiger partial charge in [0.1, 0.15) is 5.69 Å². The number of carbonyl (C=O) groups is 1. The molecule has 7 heteroatoms. The second-order valence-corrected chi connectivity index (χ2v) is 5.22. The lowest BCUT2D eigenvalue weighted by atomic mass is 10.1. The minimum absolute atomic E-state index is 0.0826. The largest absolute Gasteiger partial charge is 0.476 e. The van der Waals surface area contributed by atoms with Gasteiger partial charge in [0.05, 0.1) is 29.8 Å². The summed E-state index contributed by atoms with van der Waals surface area (Å²) in [7, 11) is 0. The van der Waals surface area contributed by atoms with Crippen LogP contribution in [-0.4, -0.2) is 36.0 Å². The molecule has 104 valence electrons. The highest BCUT2D eigenvalue weighted by Crippen LogP contribution is 2.12. The average Bonchev–Trinajstić information content (AvgIpc) is 2.85. The number of nitrogens with zero attached hydrogens (tertiary/aromatic N) is 5. The fourth-order valence-electron chi connectivity index (χ4n) is 1.39. The van der Waals surface area contributed by atoms with E-state index in [1.54, 1.807) is 16.8 Å². The Bertz CT molecular complexity index is 638. The third-order valence-corrected chi connectivity index (χ3v) is 2.51. The van der Waals surface area contributed by atoms with Gasteiger partial charge in [0.15, 0.2) is 5.69 Å². The summed E-state index contributed by atoms with van der Waals surface area (Å²) in [5, 5.41) is 16.8. The van der Waals surface area contributed by atoms with Crippen LogP contribution in [0.15, 0.2) is 18.6 Å². The van der Waals surface area contributed by atoms with Crippen molar-refractivity contribution in [3.63, 3.8) is 0 Å². The second kappa shape index (κ2) is 5.20. The van der Waals surface area contributed by atoms with Gasteiger partial charge < -0.3 is 5.11 Å². The van der Waals surface area contributed by atoms with Crippen LogP contribution in [0, 0.1) is 0 Å². The van der Waals surface area contributed by atoms with E-state index >= 15 is 0 Å². The highest BCUT2D eigenvalue weighted by atomic mass is 16.4. The number of aromatic nitrogens is 5. The monoisotopic (exact) mass is 273 g/mol. The van der Waals surface area contributed by atoms with Crippen molar-refractivity contribution in [2.45, 2.75) is 26.3 Å². The quantitative estimate of drug-likeness (QED) is 0.914. The van der Waals surface area contributed by atoms with Crippen molar-refractivity contribution in [2.75, 3.05) is 0 Å². The molecule has 0 saturated carbocycles. The summed E-state index contributed by atoms with van der Waals surface area (Å²) in [5.41, 5.74) is 1.05. The fraction of sp³-hybridized carbons (Fsp3) is 0.308. The van der Waals surface area contributed by atoms with E-state index in [9.17, 15) is 4.79 Å². The molecule has 1 N–H and O–H groups in total. The maximum atomic E-state index is 10.6. The van der Waals surface area contributed by atoms with Gasteiger partial charge in [0.25, 0.3) is 0 Å². The van der Waals surface area contributed by atoms with Gasteiger partial charge in [0, 0.05) is 0 Å². The smallest absolute Gasteiger partial charge is 0.356 e. The van der Waals surface area contributed by atoms with Crippen LogP contribution in [0.2, 0.25) is 0 Å². The number of hydrogen-bond donors (Lipinski definition) is 1. The fourth-order valence-corrected chi connectivity index (χ4v) is 1.39. The molecule has 0 radical (unpaired) electrons. The van der Waals surface area contributed by atoms with Crippen LogP contribution in [0.25, 0.3) is 12.2 Å². The van der Waals surface area contributed by atoms with Crippen molar-refractivity contribution < 1.29 is 9.90 Å². The SMILES string of the molecule is CC(C)(C)n1cc(/C=C/c2cnc(C(=O)O)cn2)nn1. The molecule has 0 atom stereocenters. The minimum Gasteiger partial charge on any atom is -0.476 e. The Balaban J connectivity index is 2.13. The van der Waals surface area contributed by atoms with E-state index in [4.69, 9.17) is 5.11 Å². The van der Waals surface area contributed by atoms with Gasteiger partial charge in [0.2, 0.25) is 0 Å². The van der Waals surface area contributed by atoms with E-state index in [0.717, 1.165) is 0 Å². The van der Waals surface area contributed by atoms with Gasteiger partial charge >= 0.3 is 5.97 Å². The van der Waals surface area contributed by atoms with Crippen molar-refractivity contribution >= 4 is 18.1 Å². The van der Waals surface area contributed by atoms with Crippen molar-refractivity contribution in [3.05, 3.63) is 35.7 Å². The summed E-state index contributed by atoms with van der Waals surface area (Å²) >= 11 is 0.